The largest absolute Gasteiger partial charge is 0.378 e. The summed E-state index contributed by atoms with van der Waals surface area (Å²) in [5.74, 6) is 0.672. The topological polar surface area (TPSA) is 9.23 Å². The molecule has 2 rings (SSSR count). The Hall–Kier alpha value is -0.820. The van der Waals surface area contributed by atoms with Crippen molar-refractivity contribution < 1.29 is 4.74 Å². The molecule has 12 heavy (non-hydrogen) atoms. The standard InChI is InChI=1S/C11H14O/c1-2-12-11-8-10(11)9-6-4-3-5-7-9/h3-7,10-11H,2,8H2,1H3/t10-,11-/m1/s1. The first kappa shape index (κ1) is 7.81. The van der Waals surface area contributed by atoms with E-state index >= 15 is 0 Å². The van der Waals surface area contributed by atoms with Crippen molar-refractivity contribution in [3.63, 3.8) is 0 Å². The van der Waals surface area contributed by atoms with Crippen molar-refractivity contribution in [2.75, 3.05) is 6.61 Å². The Kier molecular flexibility index (Phi) is 2.13. The van der Waals surface area contributed by atoms with Crippen LogP contribution in [0.4, 0.5) is 0 Å². The molecule has 1 aliphatic rings. The van der Waals surface area contributed by atoms with Gasteiger partial charge in [0.1, 0.15) is 0 Å². The highest BCUT2D eigenvalue weighted by Crippen LogP contribution is 2.42. The van der Waals surface area contributed by atoms with Gasteiger partial charge in [0.2, 0.25) is 0 Å². The Morgan fingerprint density at radius 2 is 2.08 bits per heavy atom. The molecule has 1 aliphatic carbocycles. The van der Waals surface area contributed by atoms with Gasteiger partial charge in [-0.2, -0.15) is 0 Å². The van der Waals surface area contributed by atoms with Crippen molar-refractivity contribution in [1.82, 2.24) is 0 Å². The molecule has 1 fully saturated rings. The van der Waals surface area contributed by atoms with Crippen LogP contribution in [0.15, 0.2) is 30.3 Å². The minimum absolute atomic E-state index is 0.498. The van der Waals surface area contributed by atoms with Crippen LogP contribution in [-0.2, 0) is 4.74 Å². The molecule has 1 heteroatoms. The first-order valence-electron chi connectivity index (χ1n) is 4.58. The number of ether oxygens (including phenoxy) is 1. The van der Waals surface area contributed by atoms with Crippen LogP contribution in [0.25, 0.3) is 0 Å². The Morgan fingerprint density at radius 1 is 1.33 bits per heavy atom. The van der Waals surface area contributed by atoms with Crippen LogP contribution in [0.3, 0.4) is 0 Å². The van der Waals surface area contributed by atoms with Gasteiger partial charge in [-0.05, 0) is 18.9 Å². The zero-order valence-corrected chi connectivity index (χ0v) is 7.36. The minimum atomic E-state index is 0.498. The Bertz CT molecular complexity index is 242. The molecule has 0 amide bonds. The van der Waals surface area contributed by atoms with Crippen LogP contribution >= 0.6 is 0 Å². The van der Waals surface area contributed by atoms with E-state index in [1.54, 1.807) is 0 Å². The van der Waals surface area contributed by atoms with E-state index in [1.807, 2.05) is 0 Å². The fraction of sp³-hybridized carbons (Fsp3) is 0.455. The second-order valence-corrected chi connectivity index (χ2v) is 3.25. The molecule has 0 bridgehead atoms. The molecule has 1 nitrogen and oxygen atoms in total. The number of rotatable bonds is 3. The van der Waals surface area contributed by atoms with Crippen LogP contribution in [0.2, 0.25) is 0 Å². The van der Waals surface area contributed by atoms with Crippen molar-refractivity contribution in [2.24, 2.45) is 0 Å². The zero-order valence-electron chi connectivity index (χ0n) is 7.36. The molecule has 1 saturated carbocycles. The fourth-order valence-electron chi connectivity index (χ4n) is 1.62. The van der Waals surface area contributed by atoms with Crippen LogP contribution in [0, 0.1) is 0 Å². The summed E-state index contributed by atoms with van der Waals surface area (Å²) in [7, 11) is 0. The van der Waals surface area contributed by atoms with E-state index < -0.39 is 0 Å². The second-order valence-electron chi connectivity index (χ2n) is 3.25. The molecule has 0 unspecified atom stereocenters. The van der Waals surface area contributed by atoms with Crippen molar-refractivity contribution in [2.45, 2.75) is 25.4 Å². The predicted molar refractivity (Wildman–Crippen MR) is 49.2 cm³/mol. The molecule has 0 heterocycles. The summed E-state index contributed by atoms with van der Waals surface area (Å²) in [6.45, 7) is 2.90. The summed E-state index contributed by atoms with van der Waals surface area (Å²) in [6, 6.07) is 10.6. The third-order valence-electron chi connectivity index (χ3n) is 2.34. The lowest BCUT2D eigenvalue weighted by Crippen LogP contribution is -1.94. The molecule has 0 spiro atoms. The molecule has 64 valence electrons. The Balaban J connectivity index is 1.97. The van der Waals surface area contributed by atoms with E-state index in [0.717, 1.165) is 6.61 Å². The number of benzene rings is 1. The normalized spacial score (nSPS) is 27.1. The highest BCUT2D eigenvalue weighted by atomic mass is 16.5. The summed E-state index contributed by atoms with van der Waals surface area (Å²) >= 11 is 0. The number of hydrogen-bond acceptors (Lipinski definition) is 1. The molecular weight excluding hydrogens is 148 g/mol. The van der Waals surface area contributed by atoms with Gasteiger partial charge in [-0.25, -0.2) is 0 Å². The van der Waals surface area contributed by atoms with Crippen LogP contribution in [-0.4, -0.2) is 12.7 Å². The van der Waals surface area contributed by atoms with Gasteiger partial charge in [-0.3, -0.25) is 0 Å². The van der Waals surface area contributed by atoms with E-state index in [-0.39, 0.29) is 0 Å². The predicted octanol–water partition coefficient (Wildman–Crippen LogP) is 2.58. The highest BCUT2D eigenvalue weighted by molar-refractivity contribution is 5.26. The van der Waals surface area contributed by atoms with Gasteiger partial charge in [0.05, 0.1) is 6.10 Å². The fourth-order valence-corrected chi connectivity index (χ4v) is 1.62. The van der Waals surface area contributed by atoms with E-state index in [0.29, 0.717) is 12.0 Å². The summed E-state index contributed by atoms with van der Waals surface area (Å²) in [6.07, 6.45) is 1.70. The van der Waals surface area contributed by atoms with E-state index in [1.165, 1.54) is 12.0 Å². The van der Waals surface area contributed by atoms with E-state index in [9.17, 15) is 0 Å². The van der Waals surface area contributed by atoms with Crippen LogP contribution in [0.5, 0.6) is 0 Å². The van der Waals surface area contributed by atoms with Crippen LogP contribution < -0.4 is 0 Å². The molecule has 0 aromatic heterocycles. The van der Waals surface area contributed by atoms with Crippen molar-refractivity contribution in [3.05, 3.63) is 35.9 Å². The van der Waals surface area contributed by atoms with Crippen molar-refractivity contribution in [1.29, 1.82) is 0 Å². The third-order valence-corrected chi connectivity index (χ3v) is 2.34. The lowest BCUT2D eigenvalue weighted by atomic mass is 10.1. The smallest absolute Gasteiger partial charge is 0.0651 e. The maximum atomic E-state index is 5.52. The second kappa shape index (κ2) is 3.28. The Labute approximate surface area is 73.4 Å². The maximum Gasteiger partial charge on any atom is 0.0651 e. The van der Waals surface area contributed by atoms with Gasteiger partial charge in [0.25, 0.3) is 0 Å². The van der Waals surface area contributed by atoms with Gasteiger partial charge in [0.15, 0.2) is 0 Å². The molecule has 0 saturated heterocycles. The van der Waals surface area contributed by atoms with Crippen molar-refractivity contribution >= 4 is 0 Å². The van der Waals surface area contributed by atoms with Gasteiger partial charge in [0, 0.05) is 12.5 Å². The van der Waals surface area contributed by atoms with E-state index in [4.69, 9.17) is 4.74 Å². The lowest BCUT2D eigenvalue weighted by Gasteiger charge is -1.99. The molecule has 0 aliphatic heterocycles. The minimum Gasteiger partial charge on any atom is -0.378 e. The first-order valence-corrected chi connectivity index (χ1v) is 4.58. The van der Waals surface area contributed by atoms with Crippen LogP contribution in [0.1, 0.15) is 24.8 Å². The SMILES string of the molecule is CCO[C@@H]1C[C@@H]1c1ccccc1. The molecular formula is C11H14O. The lowest BCUT2D eigenvalue weighted by molar-refractivity contribution is 0.128. The molecule has 1 aromatic carbocycles. The zero-order chi connectivity index (χ0) is 8.39. The molecule has 1 aromatic rings. The summed E-state index contributed by atoms with van der Waals surface area (Å²) < 4.78 is 5.52. The first-order chi connectivity index (χ1) is 5.92. The quantitative estimate of drug-likeness (QED) is 0.663. The highest BCUT2D eigenvalue weighted by Gasteiger charge is 2.38. The molecule has 0 N–H and O–H groups in total. The summed E-state index contributed by atoms with van der Waals surface area (Å²) in [4.78, 5) is 0. The monoisotopic (exact) mass is 162 g/mol. The average molecular weight is 162 g/mol. The summed E-state index contributed by atoms with van der Waals surface area (Å²) in [5, 5.41) is 0. The van der Waals surface area contributed by atoms with Crippen molar-refractivity contribution in [3.8, 4) is 0 Å². The molecule has 0 radical (unpaired) electrons. The van der Waals surface area contributed by atoms with Gasteiger partial charge < -0.3 is 4.74 Å². The average Bonchev–Trinajstić information content (AvgIpc) is 2.87. The summed E-state index contributed by atoms with van der Waals surface area (Å²) in [5.41, 5.74) is 1.43. The number of hydrogen-bond donors (Lipinski definition) is 0. The molecule has 2 atom stereocenters. The third kappa shape index (κ3) is 1.51. The van der Waals surface area contributed by atoms with Gasteiger partial charge >= 0.3 is 0 Å². The maximum absolute atomic E-state index is 5.52. The van der Waals surface area contributed by atoms with E-state index in [2.05, 4.69) is 37.3 Å². The Morgan fingerprint density at radius 3 is 2.75 bits per heavy atom. The van der Waals surface area contributed by atoms with Gasteiger partial charge in [-0.1, -0.05) is 30.3 Å². The van der Waals surface area contributed by atoms with Gasteiger partial charge in [-0.15, -0.1) is 0 Å².